The second-order valence-corrected chi connectivity index (χ2v) is 4.13. The molecule has 2 rings (SSSR count). The van der Waals surface area contributed by atoms with E-state index in [2.05, 4.69) is 10.3 Å². The molecule has 2 heterocycles. The minimum atomic E-state index is -0.679. The average Bonchev–Trinajstić information content (AvgIpc) is 2.42. The molecular weight excluding hydrogens is 260 g/mol. The molecule has 0 atom stereocenters. The Labute approximate surface area is 115 Å². The first-order chi connectivity index (χ1) is 9.61. The van der Waals surface area contributed by atoms with Crippen molar-refractivity contribution in [2.75, 3.05) is 11.9 Å². The van der Waals surface area contributed by atoms with Gasteiger partial charge in [0.25, 0.3) is 0 Å². The van der Waals surface area contributed by atoms with E-state index < -0.39 is 16.2 Å². The van der Waals surface area contributed by atoms with Gasteiger partial charge in [0.05, 0.1) is 17.2 Å². The maximum absolute atomic E-state index is 11.9. The lowest BCUT2D eigenvalue weighted by atomic mass is 10.3. The summed E-state index contributed by atoms with van der Waals surface area (Å²) in [5, 5.41) is 13.8. The van der Waals surface area contributed by atoms with Gasteiger partial charge < -0.3 is 9.88 Å². The Bertz CT molecular complexity index is 681. The second-order valence-electron chi connectivity index (χ2n) is 4.13. The van der Waals surface area contributed by atoms with E-state index in [9.17, 15) is 14.9 Å². The van der Waals surface area contributed by atoms with E-state index >= 15 is 0 Å². The van der Waals surface area contributed by atoms with E-state index in [4.69, 9.17) is 0 Å². The highest BCUT2D eigenvalue weighted by molar-refractivity contribution is 5.35. The zero-order valence-corrected chi connectivity index (χ0v) is 10.9. The molecule has 2 aromatic rings. The predicted octanol–water partition coefficient (Wildman–Crippen LogP) is 1.63. The third kappa shape index (κ3) is 3.00. The van der Waals surface area contributed by atoms with E-state index in [1.165, 1.54) is 22.9 Å². The summed E-state index contributed by atoms with van der Waals surface area (Å²) in [4.78, 5) is 26.3. The molecule has 1 N–H and O–H groups in total. The number of anilines is 1. The summed E-state index contributed by atoms with van der Waals surface area (Å²) in [6.07, 6.45) is 1.51. The molecule has 7 heteroatoms. The molecule has 0 saturated carbocycles. The molecule has 2 aromatic heterocycles. The highest BCUT2D eigenvalue weighted by atomic mass is 16.6. The van der Waals surface area contributed by atoms with Crippen molar-refractivity contribution in [3.63, 3.8) is 0 Å². The van der Waals surface area contributed by atoms with E-state index in [0.717, 1.165) is 6.54 Å². The van der Waals surface area contributed by atoms with Gasteiger partial charge in [-0.3, -0.25) is 14.9 Å². The number of nitrogens with zero attached hydrogens (tertiary/aromatic N) is 3. The van der Waals surface area contributed by atoms with Gasteiger partial charge in [-0.05, 0) is 25.1 Å². The largest absolute Gasteiger partial charge is 0.370 e. The van der Waals surface area contributed by atoms with E-state index in [1.807, 2.05) is 19.1 Å². The number of hydrogen-bond donors (Lipinski definition) is 1. The van der Waals surface area contributed by atoms with Crippen LogP contribution in [0, 0.1) is 10.1 Å². The van der Waals surface area contributed by atoms with Crippen LogP contribution < -0.4 is 10.9 Å². The topological polar surface area (TPSA) is 90.1 Å². The molecule has 104 valence electrons. The smallest absolute Gasteiger partial charge is 0.334 e. The van der Waals surface area contributed by atoms with Crippen molar-refractivity contribution < 1.29 is 4.92 Å². The fourth-order valence-electron chi connectivity index (χ4n) is 1.81. The summed E-state index contributed by atoms with van der Waals surface area (Å²) in [7, 11) is 0. The Kier molecular flexibility index (Phi) is 4.09. The average molecular weight is 274 g/mol. The maximum atomic E-state index is 11.9. The molecule has 0 aliphatic carbocycles. The Morgan fingerprint density at radius 3 is 2.85 bits per heavy atom. The van der Waals surface area contributed by atoms with Gasteiger partial charge in [0.2, 0.25) is 0 Å². The highest BCUT2D eigenvalue weighted by Crippen LogP contribution is 2.07. The van der Waals surface area contributed by atoms with Crippen molar-refractivity contribution in [1.29, 1.82) is 0 Å². The first-order valence-electron chi connectivity index (χ1n) is 6.15. The Balaban J connectivity index is 2.31. The second kappa shape index (κ2) is 5.96. The zero-order valence-electron chi connectivity index (χ0n) is 10.9. The molecule has 0 aromatic carbocycles. The minimum absolute atomic E-state index is 0.194. The first kappa shape index (κ1) is 13.7. The number of rotatable bonds is 5. The standard InChI is InChI=1S/C13H14N4O3/c1-2-14-12-7-3-5-10(15-12)9-16-8-4-6-11(13(16)18)17(19)20/h3-8H,2,9H2,1H3,(H,14,15). The fraction of sp³-hybridized carbons (Fsp3) is 0.231. The molecule has 0 radical (unpaired) electrons. The normalized spacial score (nSPS) is 10.2. The molecular formula is C13H14N4O3. The van der Waals surface area contributed by atoms with Crippen LogP contribution in [0.5, 0.6) is 0 Å². The van der Waals surface area contributed by atoms with Crippen LogP contribution in [0.15, 0.2) is 41.3 Å². The lowest BCUT2D eigenvalue weighted by Gasteiger charge is -2.07. The predicted molar refractivity (Wildman–Crippen MR) is 74.9 cm³/mol. The van der Waals surface area contributed by atoms with E-state index in [0.29, 0.717) is 11.5 Å². The van der Waals surface area contributed by atoms with Crippen LogP contribution in [0.3, 0.4) is 0 Å². The zero-order chi connectivity index (χ0) is 14.5. The van der Waals surface area contributed by atoms with Gasteiger partial charge in [0, 0.05) is 18.8 Å². The number of hydrogen-bond acceptors (Lipinski definition) is 5. The molecule has 0 bridgehead atoms. The highest BCUT2D eigenvalue weighted by Gasteiger charge is 2.13. The van der Waals surface area contributed by atoms with Gasteiger partial charge in [-0.1, -0.05) is 6.07 Å². The van der Waals surface area contributed by atoms with Gasteiger partial charge in [0.1, 0.15) is 5.82 Å². The van der Waals surface area contributed by atoms with E-state index in [1.54, 1.807) is 6.07 Å². The van der Waals surface area contributed by atoms with Crippen molar-refractivity contribution in [3.05, 3.63) is 62.7 Å². The van der Waals surface area contributed by atoms with Gasteiger partial charge in [0.15, 0.2) is 0 Å². The van der Waals surface area contributed by atoms with Gasteiger partial charge in [-0.25, -0.2) is 4.98 Å². The van der Waals surface area contributed by atoms with Crippen molar-refractivity contribution in [2.24, 2.45) is 0 Å². The van der Waals surface area contributed by atoms with Crippen LogP contribution in [-0.4, -0.2) is 21.0 Å². The maximum Gasteiger partial charge on any atom is 0.334 e. The monoisotopic (exact) mass is 274 g/mol. The number of nitrogens with one attached hydrogen (secondary N) is 1. The number of pyridine rings is 2. The van der Waals surface area contributed by atoms with Crippen LogP contribution in [0.2, 0.25) is 0 Å². The Morgan fingerprint density at radius 2 is 2.15 bits per heavy atom. The molecule has 0 saturated heterocycles. The van der Waals surface area contributed by atoms with Crippen LogP contribution >= 0.6 is 0 Å². The van der Waals surface area contributed by atoms with Gasteiger partial charge >= 0.3 is 11.2 Å². The molecule has 0 aliphatic rings. The quantitative estimate of drug-likeness (QED) is 0.661. The minimum Gasteiger partial charge on any atom is -0.370 e. The molecule has 0 amide bonds. The van der Waals surface area contributed by atoms with Crippen molar-refractivity contribution >= 4 is 11.5 Å². The van der Waals surface area contributed by atoms with Crippen LogP contribution in [0.1, 0.15) is 12.6 Å². The Morgan fingerprint density at radius 1 is 1.35 bits per heavy atom. The lowest BCUT2D eigenvalue weighted by molar-refractivity contribution is -0.386. The Hall–Kier alpha value is -2.70. The molecule has 0 aliphatic heterocycles. The van der Waals surface area contributed by atoms with E-state index in [-0.39, 0.29) is 6.54 Å². The summed E-state index contributed by atoms with van der Waals surface area (Å²) in [6.45, 7) is 2.90. The molecule has 0 spiro atoms. The van der Waals surface area contributed by atoms with Gasteiger partial charge in [-0.15, -0.1) is 0 Å². The third-order valence-electron chi connectivity index (χ3n) is 2.69. The summed E-state index contributed by atoms with van der Waals surface area (Å²) < 4.78 is 1.27. The SMILES string of the molecule is CCNc1cccc(Cn2cccc([N+](=O)[O-])c2=O)n1. The summed E-state index contributed by atoms with van der Waals surface area (Å²) >= 11 is 0. The van der Waals surface area contributed by atoms with Crippen molar-refractivity contribution in [3.8, 4) is 0 Å². The molecule has 0 unspecified atom stereocenters. The van der Waals surface area contributed by atoms with Crippen molar-refractivity contribution in [2.45, 2.75) is 13.5 Å². The molecule has 0 fully saturated rings. The first-order valence-corrected chi connectivity index (χ1v) is 6.15. The van der Waals surface area contributed by atoms with Crippen LogP contribution in [0.4, 0.5) is 11.5 Å². The fourth-order valence-corrected chi connectivity index (χ4v) is 1.81. The number of aromatic nitrogens is 2. The third-order valence-corrected chi connectivity index (χ3v) is 2.69. The molecule has 20 heavy (non-hydrogen) atoms. The lowest BCUT2D eigenvalue weighted by Crippen LogP contribution is -2.22. The molecule has 7 nitrogen and oxygen atoms in total. The summed E-state index contributed by atoms with van der Waals surface area (Å²) in [5.41, 5.74) is -0.408. The summed E-state index contributed by atoms with van der Waals surface area (Å²) in [6, 6.07) is 8.09. The summed E-state index contributed by atoms with van der Waals surface area (Å²) in [5.74, 6) is 0.712. The van der Waals surface area contributed by atoms with Crippen LogP contribution in [-0.2, 0) is 6.54 Å². The van der Waals surface area contributed by atoms with Crippen LogP contribution in [0.25, 0.3) is 0 Å². The van der Waals surface area contributed by atoms with Gasteiger partial charge in [-0.2, -0.15) is 0 Å². The van der Waals surface area contributed by atoms with Crippen molar-refractivity contribution in [1.82, 2.24) is 9.55 Å². The number of nitro groups is 1.